The van der Waals surface area contributed by atoms with Crippen molar-refractivity contribution >= 4 is 15.9 Å². The normalized spacial score (nSPS) is 26.4. The molecule has 1 N–H and O–H groups in total. The molecule has 17 heavy (non-hydrogen) atoms. The summed E-state index contributed by atoms with van der Waals surface area (Å²) >= 11 is 3.44. The van der Waals surface area contributed by atoms with Crippen LogP contribution in [0.25, 0.3) is 0 Å². The Morgan fingerprint density at radius 2 is 2.00 bits per heavy atom. The quantitative estimate of drug-likeness (QED) is 0.785. The van der Waals surface area contributed by atoms with Crippen molar-refractivity contribution in [1.82, 2.24) is 0 Å². The Labute approximate surface area is 110 Å². The molecular formula is C14H17BrO2. The molecule has 2 aliphatic rings. The van der Waals surface area contributed by atoms with Crippen LogP contribution in [0.5, 0.6) is 5.75 Å². The van der Waals surface area contributed by atoms with Gasteiger partial charge in [-0.05, 0) is 43.9 Å². The van der Waals surface area contributed by atoms with Gasteiger partial charge in [0.25, 0.3) is 0 Å². The molecule has 1 spiro atoms. The number of hydrogen-bond acceptors (Lipinski definition) is 2. The van der Waals surface area contributed by atoms with Gasteiger partial charge in [-0.2, -0.15) is 0 Å². The average molecular weight is 297 g/mol. The molecule has 3 rings (SSSR count). The van der Waals surface area contributed by atoms with E-state index in [0.717, 1.165) is 35.0 Å². The van der Waals surface area contributed by atoms with Gasteiger partial charge in [0.05, 0.1) is 6.10 Å². The Hall–Kier alpha value is -0.540. The zero-order valence-corrected chi connectivity index (χ0v) is 11.4. The second-order valence-electron chi connectivity index (χ2n) is 5.25. The van der Waals surface area contributed by atoms with Crippen molar-refractivity contribution in [2.24, 2.45) is 0 Å². The van der Waals surface area contributed by atoms with Crippen LogP contribution in [0.1, 0.15) is 50.2 Å². The fourth-order valence-electron chi connectivity index (χ4n) is 3.11. The summed E-state index contributed by atoms with van der Waals surface area (Å²) in [4.78, 5) is 0. The lowest BCUT2D eigenvalue weighted by Crippen LogP contribution is -2.42. The van der Waals surface area contributed by atoms with Crippen LogP contribution in [0.3, 0.4) is 0 Å². The summed E-state index contributed by atoms with van der Waals surface area (Å²) in [5, 5.41) is 10.3. The van der Waals surface area contributed by atoms with Gasteiger partial charge in [-0.25, -0.2) is 0 Å². The predicted molar refractivity (Wildman–Crippen MR) is 70.2 cm³/mol. The SMILES string of the molecule is O[C@@H]1CC2(CCCCC2)Oc2ccc(Br)cc21. The predicted octanol–water partition coefficient (Wildman–Crippen LogP) is 3.97. The highest BCUT2D eigenvalue weighted by Gasteiger charge is 2.41. The number of rotatable bonds is 0. The monoisotopic (exact) mass is 296 g/mol. The molecule has 92 valence electrons. The van der Waals surface area contributed by atoms with E-state index >= 15 is 0 Å². The van der Waals surface area contributed by atoms with Gasteiger partial charge in [0.15, 0.2) is 0 Å². The maximum Gasteiger partial charge on any atom is 0.126 e. The first-order valence-corrected chi connectivity index (χ1v) is 7.14. The van der Waals surface area contributed by atoms with Gasteiger partial charge in [-0.3, -0.25) is 0 Å². The summed E-state index contributed by atoms with van der Waals surface area (Å²) in [6.07, 6.45) is 6.27. The van der Waals surface area contributed by atoms with Gasteiger partial charge in [-0.15, -0.1) is 0 Å². The molecule has 2 nitrogen and oxygen atoms in total. The van der Waals surface area contributed by atoms with Crippen molar-refractivity contribution < 1.29 is 9.84 Å². The van der Waals surface area contributed by atoms with Crippen LogP contribution in [0, 0.1) is 0 Å². The lowest BCUT2D eigenvalue weighted by atomic mass is 9.78. The summed E-state index contributed by atoms with van der Waals surface area (Å²) in [7, 11) is 0. The number of benzene rings is 1. The smallest absolute Gasteiger partial charge is 0.126 e. The van der Waals surface area contributed by atoms with E-state index in [2.05, 4.69) is 15.9 Å². The molecular weight excluding hydrogens is 280 g/mol. The Bertz CT molecular complexity index is 424. The third-order valence-corrected chi connectivity index (χ3v) is 4.48. The summed E-state index contributed by atoms with van der Waals surface area (Å²) in [6.45, 7) is 0. The lowest BCUT2D eigenvalue weighted by molar-refractivity contribution is -0.0381. The van der Waals surface area contributed by atoms with Crippen LogP contribution >= 0.6 is 15.9 Å². The molecule has 1 saturated carbocycles. The molecule has 0 bridgehead atoms. The molecule has 0 amide bonds. The molecule has 1 aromatic rings. The molecule has 0 saturated heterocycles. The van der Waals surface area contributed by atoms with Crippen LogP contribution in [-0.2, 0) is 0 Å². The first-order valence-electron chi connectivity index (χ1n) is 6.35. The molecule has 1 aliphatic carbocycles. The van der Waals surface area contributed by atoms with Crippen LogP contribution in [0.15, 0.2) is 22.7 Å². The second-order valence-corrected chi connectivity index (χ2v) is 6.16. The third-order valence-electron chi connectivity index (χ3n) is 3.99. The standard InChI is InChI=1S/C14H17BrO2/c15-10-4-5-13-11(8-10)12(16)9-14(17-13)6-2-1-3-7-14/h4-5,8,12,16H,1-3,6-7,9H2/t12-/m1/s1. The van der Waals surface area contributed by atoms with Crippen LogP contribution in [0.2, 0.25) is 0 Å². The number of fused-ring (bicyclic) bond motifs is 1. The van der Waals surface area contributed by atoms with E-state index < -0.39 is 0 Å². The Morgan fingerprint density at radius 1 is 1.24 bits per heavy atom. The lowest BCUT2D eigenvalue weighted by Gasteiger charge is -2.43. The molecule has 0 aromatic heterocycles. The minimum absolute atomic E-state index is 0.0987. The van der Waals surface area contributed by atoms with E-state index in [4.69, 9.17) is 4.74 Å². The fourth-order valence-corrected chi connectivity index (χ4v) is 3.49. The molecule has 1 fully saturated rings. The summed E-state index contributed by atoms with van der Waals surface area (Å²) in [5.74, 6) is 0.869. The van der Waals surface area contributed by atoms with Crippen LogP contribution in [0.4, 0.5) is 0 Å². The van der Waals surface area contributed by atoms with Crippen LogP contribution < -0.4 is 4.74 Å². The van der Waals surface area contributed by atoms with Crippen molar-refractivity contribution in [1.29, 1.82) is 0 Å². The highest BCUT2D eigenvalue weighted by Crippen LogP contribution is 2.46. The van der Waals surface area contributed by atoms with E-state index in [1.54, 1.807) is 0 Å². The first-order chi connectivity index (χ1) is 8.19. The summed E-state index contributed by atoms with van der Waals surface area (Å²) in [6, 6.07) is 5.92. The van der Waals surface area contributed by atoms with Gasteiger partial charge < -0.3 is 9.84 Å². The molecule has 0 unspecified atom stereocenters. The van der Waals surface area contributed by atoms with E-state index in [-0.39, 0.29) is 11.7 Å². The maximum atomic E-state index is 10.3. The Kier molecular flexibility index (Phi) is 2.91. The second kappa shape index (κ2) is 4.29. The van der Waals surface area contributed by atoms with E-state index in [1.807, 2.05) is 18.2 Å². The van der Waals surface area contributed by atoms with Crippen molar-refractivity contribution in [2.45, 2.75) is 50.2 Å². The third kappa shape index (κ3) is 2.11. The molecule has 1 heterocycles. The molecule has 0 radical (unpaired) electrons. The van der Waals surface area contributed by atoms with E-state index in [9.17, 15) is 5.11 Å². The van der Waals surface area contributed by atoms with Crippen LogP contribution in [-0.4, -0.2) is 10.7 Å². The molecule has 3 heteroatoms. The van der Waals surface area contributed by atoms with Gasteiger partial charge in [0.2, 0.25) is 0 Å². The Balaban J connectivity index is 1.94. The number of hydrogen-bond donors (Lipinski definition) is 1. The highest BCUT2D eigenvalue weighted by atomic mass is 79.9. The fraction of sp³-hybridized carbons (Fsp3) is 0.571. The van der Waals surface area contributed by atoms with Crippen molar-refractivity contribution in [3.63, 3.8) is 0 Å². The summed E-state index contributed by atoms with van der Waals surface area (Å²) < 4.78 is 7.20. The average Bonchev–Trinajstić information content (AvgIpc) is 2.31. The van der Waals surface area contributed by atoms with Crippen molar-refractivity contribution in [3.05, 3.63) is 28.2 Å². The highest BCUT2D eigenvalue weighted by molar-refractivity contribution is 9.10. The first kappa shape index (κ1) is 11.5. The van der Waals surface area contributed by atoms with E-state index in [0.29, 0.717) is 0 Å². The number of halogens is 1. The molecule has 1 atom stereocenters. The number of aliphatic hydroxyl groups excluding tert-OH is 1. The minimum atomic E-state index is -0.380. The van der Waals surface area contributed by atoms with Crippen molar-refractivity contribution in [2.75, 3.05) is 0 Å². The van der Waals surface area contributed by atoms with E-state index in [1.165, 1.54) is 19.3 Å². The maximum absolute atomic E-state index is 10.3. The van der Waals surface area contributed by atoms with Gasteiger partial charge in [0, 0.05) is 16.5 Å². The molecule has 1 aromatic carbocycles. The van der Waals surface area contributed by atoms with Gasteiger partial charge in [0.1, 0.15) is 11.4 Å². The molecule has 1 aliphatic heterocycles. The zero-order valence-electron chi connectivity index (χ0n) is 9.79. The summed E-state index contributed by atoms with van der Waals surface area (Å²) in [5.41, 5.74) is 0.828. The number of aliphatic hydroxyl groups is 1. The minimum Gasteiger partial charge on any atom is -0.487 e. The largest absolute Gasteiger partial charge is 0.487 e. The van der Waals surface area contributed by atoms with Gasteiger partial charge >= 0.3 is 0 Å². The van der Waals surface area contributed by atoms with Gasteiger partial charge in [-0.1, -0.05) is 22.4 Å². The number of ether oxygens (including phenoxy) is 1. The Morgan fingerprint density at radius 3 is 2.76 bits per heavy atom. The zero-order chi connectivity index (χ0) is 11.9. The topological polar surface area (TPSA) is 29.5 Å². The van der Waals surface area contributed by atoms with Crippen molar-refractivity contribution in [3.8, 4) is 5.75 Å².